The van der Waals surface area contributed by atoms with Gasteiger partial charge in [-0.25, -0.2) is 4.79 Å². The van der Waals surface area contributed by atoms with Gasteiger partial charge >= 0.3 is 12.0 Å². The normalized spacial score (nSPS) is 14.7. The summed E-state index contributed by atoms with van der Waals surface area (Å²) in [7, 11) is 1.57. The summed E-state index contributed by atoms with van der Waals surface area (Å²) in [5.74, 6) is -0.0520. The van der Waals surface area contributed by atoms with Crippen LogP contribution < -0.4 is 20.7 Å². The molecule has 1 saturated heterocycles. The van der Waals surface area contributed by atoms with E-state index in [1.165, 1.54) is 11.3 Å². The van der Waals surface area contributed by atoms with Crippen LogP contribution in [0.25, 0.3) is 10.1 Å². The van der Waals surface area contributed by atoms with Gasteiger partial charge in [-0.1, -0.05) is 12.1 Å². The Hall–Kier alpha value is -3.34. The van der Waals surface area contributed by atoms with Gasteiger partial charge in [-0.2, -0.15) is 0 Å². The molecule has 0 spiro atoms. The molecular formula is C27H38N4O6S. The van der Waals surface area contributed by atoms with Crippen LogP contribution in [-0.2, 0) is 14.3 Å². The molecule has 1 aliphatic heterocycles. The minimum atomic E-state index is -0.593. The lowest BCUT2D eigenvalue weighted by Crippen LogP contribution is -2.46. The number of thiophene rings is 1. The molecule has 1 aromatic heterocycles. The lowest BCUT2D eigenvalue weighted by molar-refractivity contribution is -0.147. The molecule has 0 unspecified atom stereocenters. The molecule has 0 bridgehead atoms. The molecule has 0 radical (unpaired) electrons. The van der Waals surface area contributed by atoms with E-state index in [9.17, 15) is 19.2 Å². The molecule has 1 aliphatic rings. The Bertz CT molecular complexity index is 1170. The zero-order chi connectivity index (χ0) is 27.9. The number of fused-ring (bicyclic) bond motifs is 1. The fraction of sp³-hybridized carbons (Fsp3) is 0.556. The number of hydrogen-bond donors (Lipinski definition) is 3. The Morgan fingerprint density at radius 1 is 1.11 bits per heavy atom. The van der Waals surface area contributed by atoms with Crippen LogP contribution in [0.2, 0.25) is 0 Å². The Morgan fingerprint density at radius 3 is 2.42 bits per heavy atom. The molecule has 0 saturated carbocycles. The van der Waals surface area contributed by atoms with E-state index in [1.807, 2.05) is 39.0 Å². The third kappa shape index (κ3) is 6.94. The second-order valence-corrected chi connectivity index (χ2v) is 10.8. The second-order valence-electron chi connectivity index (χ2n) is 9.80. The summed E-state index contributed by atoms with van der Waals surface area (Å²) < 4.78 is 11.5. The average molecular weight is 547 g/mol. The van der Waals surface area contributed by atoms with Gasteiger partial charge in [0.05, 0.1) is 30.4 Å². The summed E-state index contributed by atoms with van der Waals surface area (Å²) in [4.78, 5) is 53.1. The Balaban J connectivity index is 1.88. The monoisotopic (exact) mass is 546 g/mol. The number of methoxy groups -OCH3 is 1. The van der Waals surface area contributed by atoms with E-state index in [4.69, 9.17) is 9.47 Å². The number of urea groups is 1. The minimum Gasteiger partial charge on any atom is -0.495 e. The van der Waals surface area contributed by atoms with Crippen LogP contribution in [0.5, 0.6) is 5.75 Å². The van der Waals surface area contributed by atoms with Gasteiger partial charge in [0.15, 0.2) is 0 Å². The number of ether oxygens (including phenoxy) is 2. The number of hydrogen-bond acceptors (Lipinski definition) is 7. The Kier molecular flexibility index (Phi) is 9.96. The van der Waals surface area contributed by atoms with E-state index in [-0.39, 0.29) is 43.3 Å². The van der Waals surface area contributed by atoms with Crippen molar-refractivity contribution in [2.45, 2.75) is 59.4 Å². The smallest absolute Gasteiger partial charge is 0.319 e. The standard InChI is InChI=1S/C27H38N4O6S/c1-6-28-26(35)30-24-22(18-9-8-10-19(36-5)23(18)38-24)25(34)31-13-11-27(12-14-31,16-21(33)37-7-2)15-20(32)29-17(3)4/h8-10,17H,6-7,11-16H2,1-5H3,(H,29,32)(H2,28,30,35). The number of benzene rings is 1. The van der Waals surface area contributed by atoms with E-state index >= 15 is 0 Å². The number of likely N-dealkylation sites (tertiary alicyclic amines) is 1. The summed E-state index contributed by atoms with van der Waals surface area (Å²) in [6, 6.07) is 5.07. The van der Waals surface area contributed by atoms with E-state index in [2.05, 4.69) is 16.0 Å². The molecule has 2 heterocycles. The molecule has 0 atom stereocenters. The van der Waals surface area contributed by atoms with Gasteiger partial charge in [0, 0.05) is 37.5 Å². The molecule has 11 heteroatoms. The highest BCUT2D eigenvalue weighted by Crippen LogP contribution is 2.43. The van der Waals surface area contributed by atoms with Gasteiger partial charge < -0.3 is 25.0 Å². The first-order chi connectivity index (χ1) is 18.1. The molecule has 3 N–H and O–H groups in total. The zero-order valence-electron chi connectivity index (χ0n) is 22.8. The van der Waals surface area contributed by atoms with Gasteiger partial charge in [-0.05, 0) is 52.0 Å². The van der Waals surface area contributed by atoms with Crippen LogP contribution >= 0.6 is 11.3 Å². The molecule has 208 valence electrons. The first kappa shape index (κ1) is 29.2. The predicted molar refractivity (Wildman–Crippen MR) is 148 cm³/mol. The summed E-state index contributed by atoms with van der Waals surface area (Å²) in [5.41, 5.74) is -0.185. The molecule has 2 aromatic rings. The van der Waals surface area contributed by atoms with Crippen molar-refractivity contribution in [3.63, 3.8) is 0 Å². The summed E-state index contributed by atoms with van der Waals surface area (Å²) in [6.45, 7) is 8.81. The topological polar surface area (TPSA) is 126 Å². The van der Waals surface area contributed by atoms with E-state index < -0.39 is 11.4 Å². The number of rotatable bonds is 10. The van der Waals surface area contributed by atoms with Gasteiger partial charge in [0.25, 0.3) is 5.91 Å². The molecule has 3 rings (SSSR count). The molecule has 1 fully saturated rings. The number of piperidine rings is 1. The van der Waals surface area contributed by atoms with E-state index in [0.717, 1.165) is 4.70 Å². The van der Waals surface area contributed by atoms with Crippen molar-refractivity contribution in [1.82, 2.24) is 15.5 Å². The number of nitrogens with zero attached hydrogens (tertiary/aromatic N) is 1. The first-order valence-corrected chi connectivity index (χ1v) is 13.8. The molecule has 0 aliphatic carbocycles. The van der Waals surface area contributed by atoms with Crippen molar-refractivity contribution >= 4 is 50.2 Å². The predicted octanol–water partition coefficient (Wildman–Crippen LogP) is 4.14. The van der Waals surface area contributed by atoms with Crippen molar-refractivity contribution in [2.75, 3.05) is 38.7 Å². The summed E-state index contributed by atoms with van der Waals surface area (Å²) in [5, 5.41) is 9.59. The number of nitrogens with one attached hydrogen (secondary N) is 3. The van der Waals surface area contributed by atoms with Gasteiger partial charge in [-0.3, -0.25) is 19.7 Å². The highest BCUT2D eigenvalue weighted by molar-refractivity contribution is 7.23. The van der Waals surface area contributed by atoms with Crippen molar-refractivity contribution < 1.29 is 28.7 Å². The van der Waals surface area contributed by atoms with Crippen LogP contribution in [0.3, 0.4) is 0 Å². The van der Waals surface area contributed by atoms with Gasteiger partial charge in [0.2, 0.25) is 5.91 Å². The SMILES string of the molecule is CCNC(=O)Nc1sc2c(OC)cccc2c1C(=O)N1CCC(CC(=O)NC(C)C)(CC(=O)OCC)CC1. The zero-order valence-corrected chi connectivity index (χ0v) is 23.6. The molecule has 4 amide bonds. The highest BCUT2D eigenvalue weighted by atomic mass is 32.1. The maximum Gasteiger partial charge on any atom is 0.319 e. The van der Waals surface area contributed by atoms with Crippen molar-refractivity contribution in [2.24, 2.45) is 5.41 Å². The van der Waals surface area contributed by atoms with E-state index in [0.29, 0.717) is 54.2 Å². The molecule has 38 heavy (non-hydrogen) atoms. The summed E-state index contributed by atoms with van der Waals surface area (Å²) >= 11 is 1.29. The molecule has 10 nitrogen and oxygen atoms in total. The van der Waals surface area contributed by atoms with Crippen LogP contribution in [0.15, 0.2) is 18.2 Å². The van der Waals surface area contributed by atoms with Crippen LogP contribution in [0.1, 0.15) is 63.7 Å². The maximum absolute atomic E-state index is 13.9. The molecule has 1 aromatic carbocycles. The van der Waals surface area contributed by atoms with Crippen molar-refractivity contribution in [1.29, 1.82) is 0 Å². The summed E-state index contributed by atoms with van der Waals surface area (Å²) in [6.07, 6.45) is 1.27. The first-order valence-electron chi connectivity index (χ1n) is 13.0. The number of amides is 4. The molecular weight excluding hydrogens is 508 g/mol. The van der Waals surface area contributed by atoms with Gasteiger partial charge in [-0.15, -0.1) is 11.3 Å². The lowest BCUT2D eigenvalue weighted by atomic mass is 9.72. The Labute approximate surface area is 227 Å². The number of carbonyl (C=O) groups excluding carboxylic acids is 4. The van der Waals surface area contributed by atoms with Crippen LogP contribution in [-0.4, -0.2) is 68.1 Å². The number of esters is 1. The van der Waals surface area contributed by atoms with Gasteiger partial charge in [0.1, 0.15) is 10.8 Å². The largest absolute Gasteiger partial charge is 0.495 e. The fourth-order valence-corrected chi connectivity index (χ4v) is 6.03. The fourth-order valence-electron chi connectivity index (χ4n) is 4.85. The van der Waals surface area contributed by atoms with E-state index in [1.54, 1.807) is 18.9 Å². The van der Waals surface area contributed by atoms with Crippen LogP contribution in [0, 0.1) is 5.41 Å². The number of carbonyl (C=O) groups is 4. The Morgan fingerprint density at radius 2 is 1.82 bits per heavy atom. The third-order valence-corrected chi connectivity index (χ3v) is 7.73. The lowest BCUT2D eigenvalue weighted by Gasteiger charge is -2.41. The number of anilines is 1. The third-order valence-electron chi connectivity index (χ3n) is 6.60. The van der Waals surface area contributed by atoms with Crippen molar-refractivity contribution in [3.8, 4) is 5.75 Å². The van der Waals surface area contributed by atoms with Crippen molar-refractivity contribution in [3.05, 3.63) is 23.8 Å². The average Bonchev–Trinajstić information content (AvgIpc) is 3.21. The quantitative estimate of drug-likeness (QED) is 0.385. The van der Waals surface area contributed by atoms with Crippen LogP contribution in [0.4, 0.5) is 9.80 Å². The highest BCUT2D eigenvalue weighted by Gasteiger charge is 2.41. The maximum atomic E-state index is 13.9. The minimum absolute atomic E-state index is 0.0106. The second kappa shape index (κ2) is 12.9.